The lowest BCUT2D eigenvalue weighted by Crippen LogP contribution is -1.99. The van der Waals surface area contributed by atoms with E-state index in [-0.39, 0.29) is 0 Å². The molecule has 0 aliphatic rings. The van der Waals surface area contributed by atoms with E-state index in [0.29, 0.717) is 5.82 Å². The standard InChI is InChI=1S/C6H8N2.C3H9N/c1-5-2-3-6(7)8-4-5;1-4(2)3/h2-4H,1H3,(H2,7,8);1-3H3. The molecule has 0 saturated carbocycles. The average Bonchev–Trinajstić information content (AvgIpc) is 1.94. The highest BCUT2D eigenvalue weighted by Gasteiger charge is 1.81. The van der Waals surface area contributed by atoms with Crippen LogP contribution in [0.25, 0.3) is 0 Å². The first-order chi connectivity index (χ1) is 5.52. The Morgan fingerprint density at radius 1 is 1.25 bits per heavy atom. The van der Waals surface area contributed by atoms with E-state index in [0.717, 1.165) is 5.56 Å². The molecule has 0 spiro atoms. The molecular weight excluding hydrogens is 150 g/mol. The predicted molar refractivity (Wildman–Crippen MR) is 53.0 cm³/mol. The van der Waals surface area contributed by atoms with Crippen LogP contribution in [0.15, 0.2) is 18.3 Å². The molecule has 1 rings (SSSR count). The molecule has 0 radical (unpaired) electrons. The van der Waals surface area contributed by atoms with E-state index in [1.54, 1.807) is 12.3 Å². The fraction of sp³-hybridized carbons (Fsp3) is 0.444. The summed E-state index contributed by atoms with van der Waals surface area (Å²) in [6, 6.07) is 3.72. The summed E-state index contributed by atoms with van der Waals surface area (Å²) < 4.78 is 0. The number of nitrogens with zero attached hydrogens (tertiary/aromatic N) is 2. The predicted octanol–water partition coefficient (Wildman–Crippen LogP) is 1.15. The average molecular weight is 167 g/mol. The number of hydrogen-bond acceptors (Lipinski definition) is 3. The van der Waals surface area contributed by atoms with Crippen LogP contribution < -0.4 is 5.73 Å². The number of pyridine rings is 1. The monoisotopic (exact) mass is 167 g/mol. The summed E-state index contributed by atoms with van der Waals surface area (Å²) in [5.41, 5.74) is 6.45. The molecule has 12 heavy (non-hydrogen) atoms. The van der Waals surface area contributed by atoms with Crippen molar-refractivity contribution >= 4 is 5.82 Å². The molecule has 0 atom stereocenters. The molecule has 0 saturated heterocycles. The second kappa shape index (κ2) is 5.55. The van der Waals surface area contributed by atoms with Crippen LogP contribution in [0.4, 0.5) is 5.82 Å². The number of anilines is 1. The van der Waals surface area contributed by atoms with Crippen molar-refractivity contribution in [3.05, 3.63) is 23.9 Å². The molecule has 0 unspecified atom stereocenters. The van der Waals surface area contributed by atoms with Crippen molar-refractivity contribution in [2.45, 2.75) is 6.92 Å². The van der Waals surface area contributed by atoms with Crippen LogP contribution in [0.3, 0.4) is 0 Å². The molecule has 0 bridgehead atoms. The largest absolute Gasteiger partial charge is 0.384 e. The Hall–Kier alpha value is -1.09. The lowest BCUT2D eigenvalue weighted by molar-refractivity contribution is 0.505. The number of rotatable bonds is 0. The maximum absolute atomic E-state index is 5.32. The molecule has 3 nitrogen and oxygen atoms in total. The second-order valence-electron chi connectivity index (χ2n) is 3.10. The first-order valence-corrected chi connectivity index (χ1v) is 3.81. The summed E-state index contributed by atoms with van der Waals surface area (Å²) in [5, 5.41) is 0. The Bertz CT molecular complexity index is 180. The highest BCUT2D eigenvalue weighted by molar-refractivity contribution is 5.28. The highest BCUT2D eigenvalue weighted by atomic mass is 15.0. The number of aryl methyl sites for hydroxylation is 1. The maximum Gasteiger partial charge on any atom is 0.123 e. The van der Waals surface area contributed by atoms with Gasteiger partial charge in [-0.2, -0.15) is 0 Å². The quantitative estimate of drug-likeness (QED) is 0.630. The first-order valence-electron chi connectivity index (χ1n) is 3.81. The van der Waals surface area contributed by atoms with Crippen molar-refractivity contribution in [1.82, 2.24) is 9.88 Å². The Kier molecular flexibility index (Phi) is 5.04. The van der Waals surface area contributed by atoms with Crippen LogP contribution in [0.1, 0.15) is 5.56 Å². The minimum Gasteiger partial charge on any atom is -0.384 e. The van der Waals surface area contributed by atoms with Gasteiger partial charge in [-0.25, -0.2) is 4.98 Å². The maximum atomic E-state index is 5.32. The van der Waals surface area contributed by atoms with Gasteiger partial charge in [-0.05, 0) is 39.7 Å². The fourth-order valence-electron chi connectivity index (χ4n) is 0.479. The third-order valence-electron chi connectivity index (χ3n) is 0.934. The van der Waals surface area contributed by atoms with Gasteiger partial charge in [0.25, 0.3) is 0 Å². The van der Waals surface area contributed by atoms with Gasteiger partial charge in [0.05, 0.1) is 0 Å². The Morgan fingerprint density at radius 2 is 1.75 bits per heavy atom. The first kappa shape index (κ1) is 10.9. The van der Waals surface area contributed by atoms with Crippen LogP contribution in [-0.4, -0.2) is 31.0 Å². The van der Waals surface area contributed by atoms with Gasteiger partial charge in [-0.15, -0.1) is 0 Å². The van der Waals surface area contributed by atoms with E-state index in [9.17, 15) is 0 Å². The molecule has 0 aliphatic heterocycles. The summed E-state index contributed by atoms with van der Waals surface area (Å²) in [6.07, 6.45) is 1.75. The van der Waals surface area contributed by atoms with Gasteiger partial charge < -0.3 is 10.6 Å². The van der Waals surface area contributed by atoms with E-state index in [4.69, 9.17) is 5.73 Å². The third kappa shape index (κ3) is 7.02. The van der Waals surface area contributed by atoms with Gasteiger partial charge in [0.15, 0.2) is 0 Å². The molecule has 1 aromatic rings. The van der Waals surface area contributed by atoms with Crippen LogP contribution in [-0.2, 0) is 0 Å². The molecule has 1 aromatic heterocycles. The molecule has 3 heteroatoms. The fourth-order valence-corrected chi connectivity index (χ4v) is 0.479. The van der Waals surface area contributed by atoms with E-state index >= 15 is 0 Å². The number of aromatic nitrogens is 1. The summed E-state index contributed by atoms with van der Waals surface area (Å²) in [5.74, 6) is 0.579. The summed E-state index contributed by atoms with van der Waals surface area (Å²) >= 11 is 0. The van der Waals surface area contributed by atoms with E-state index in [2.05, 4.69) is 4.98 Å². The van der Waals surface area contributed by atoms with Crippen LogP contribution in [0, 0.1) is 6.92 Å². The summed E-state index contributed by atoms with van der Waals surface area (Å²) in [6.45, 7) is 1.98. The summed E-state index contributed by atoms with van der Waals surface area (Å²) in [4.78, 5) is 5.86. The number of nitrogens with two attached hydrogens (primary N) is 1. The molecular formula is C9H17N3. The van der Waals surface area contributed by atoms with Crippen molar-refractivity contribution in [3.8, 4) is 0 Å². The Labute approximate surface area is 74.2 Å². The van der Waals surface area contributed by atoms with Crippen LogP contribution >= 0.6 is 0 Å². The topological polar surface area (TPSA) is 42.1 Å². The minimum absolute atomic E-state index is 0.579. The lowest BCUT2D eigenvalue weighted by Gasteiger charge is -1.90. The summed E-state index contributed by atoms with van der Waals surface area (Å²) in [7, 11) is 6.00. The van der Waals surface area contributed by atoms with Crippen molar-refractivity contribution in [3.63, 3.8) is 0 Å². The molecule has 1 heterocycles. The lowest BCUT2D eigenvalue weighted by atomic mass is 10.3. The number of nitrogen functional groups attached to an aromatic ring is 1. The van der Waals surface area contributed by atoms with Crippen LogP contribution in [0.5, 0.6) is 0 Å². The molecule has 0 aromatic carbocycles. The van der Waals surface area contributed by atoms with Gasteiger partial charge in [-0.1, -0.05) is 6.07 Å². The molecule has 0 aliphatic carbocycles. The second-order valence-corrected chi connectivity index (χ2v) is 3.10. The molecule has 68 valence electrons. The van der Waals surface area contributed by atoms with E-state index in [1.165, 1.54) is 0 Å². The Balaban J connectivity index is 0.000000261. The molecule has 2 N–H and O–H groups in total. The van der Waals surface area contributed by atoms with E-state index < -0.39 is 0 Å². The highest BCUT2D eigenvalue weighted by Crippen LogP contribution is 1.97. The third-order valence-corrected chi connectivity index (χ3v) is 0.934. The smallest absolute Gasteiger partial charge is 0.123 e. The van der Waals surface area contributed by atoms with Gasteiger partial charge in [0.2, 0.25) is 0 Å². The normalized spacial score (nSPS) is 9.08. The van der Waals surface area contributed by atoms with Crippen molar-refractivity contribution in [2.75, 3.05) is 26.9 Å². The zero-order valence-corrected chi connectivity index (χ0v) is 8.20. The zero-order valence-electron chi connectivity index (χ0n) is 8.20. The van der Waals surface area contributed by atoms with Gasteiger partial charge in [0, 0.05) is 6.20 Å². The number of hydrogen-bond donors (Lipinski definition) is 1. The van der Waals surface area contributed by atoms with Crippen LogP contribution in [0.2, 0.25) is 0 Å². The van der Waals surface area contributed by atoms with Gasteiger partial charge in [-0.3, -0.25) is 0 Å². The molecule has 0 fully saturated rings. The van der Waals surface area contributed by atoms with Crippen molar-refractivity contribution in [1.29, 1.82) is 0 Å². The Morgan fingerprint density at radius 3 is 2.00 bits per heavy atom. The van der Waals surface area contributed by atoms with E-state index in [1.807, 2.05) is 39.0 Å². The van der Waals surface area contributed by atoms with Crippen molar-refractivity contribution in [2.24, 2.45) is 0 Å². The SMILES string of the molecule is CN(C)C.Cc1ccc(N)nc1. The molecule has 0 amide bonds. The zero-order chi connectivity index (χ0) is 9.56. The van der Waals surface area contributed by atoms with Crippen molar-refractivity contribution < 1.29 is 0 Å². The van der Waals surface area contributed by atoms with Gasteiger partial charge >= 0.3 is 0 Å². The minimum atomic E-state index is 0.579. The van der Waals surface area contributed by atoms with Gasteiger partial charge in [0.1, 0.15) is 5.82 Å².